The SMILES string of the molecule is CCOC(=O)CCCNC1CC(C)(C)Oc2ccccc21. The molecule has 4 nitrogen and oxygen atoms in total. The number of benzene rings is 1. The van der Waals surface area contributed by atoms with Gasteiger partial charge in [-0.15, -0.1) is 0 Å². The van der Waals surface area contributed by atoms with Crippen LogP contribution in [0.4, 0.5) is 0 Å². The van der Waals surface area contributed by atoms with Crippen molar-refractivity contribution in [2.75, 3.05) is 13.2 Å². The average molecular weight is 291 g/mol. The molecule has 4 heteroatoms. The Morgan fingerprint density at radius 2 is 2.19 bits per heavy atom. The highest BCUT2D eigenvalue weighted by molar-refractivity contribution is 5.69. The summed E-state index contributed by atoms with van der Waals surface area (Å²) < 4.78 is 10.9. The van der Waals surface area contributed by atoms with Gasteiger partial charge in [0.1, 0.15) is 11.4 Å². The molecule has 0 radical (unpaired) electrons. The third-order valence-electron chi connectivity index (χ3n) is 3.63. The molecule has 1 heterocycles. The number of fused-ring (bicyclic) bond motifs is 1. The first kappa shape index (κ1) is 15.8. The van der Waals surface area contributed by atoms with Gasteiger partial charge in [0.15, 0.2) is 0 Å². The molecular formula is C17H25NO3. The number of carbonyl (C=O) groups is 1. The van der Waals surface area contributed by atoms with E-state index in [2.05, 4.69) is 25.2 Å². The van der Waals surface area contributed by atoms with Crippen LogP contribution in [0.25, 0.3) is 0 Å². The second kappa shape index (κ2) is 6.94. The Hall–Kier alpha value is -1.55. The Kier molecular flexibility index (Phi) is 5.23. The molecule has 1 unspecified atom stereocenters. The highest BCUT2D eigenvalue weighted by Crippen LogP contribution is 2.39. The number of rotatable bonds is 6. The molecule has 0 saturated heterocycles. The molecule has 2 rings (SSSR count). The molecule has 0 spiro atoms. The summed E-state index contributed by atoms with van der Waals surface area (Å²) in [7, 11) is 0. The van der Waals surface area contributed by atoms with Gasteiger partial charge in [-0.05, 0) is 39.8 Å². The van der Waals surface area contributed by atoms with E-state index in [0.29, 0.717) is 13.0 Å². The maximum absolute atomic E-state index is 11.3. The zero-order valence-corrected chi connectivity index (χ0v) is 13.1. The Morgan fingerprint density at radius 1 is 1.43 bits per heavy atom. The normalized spacial score (nSPS) is 19.5. The second-order valence-electron chi connectivity index (χ2n) is 6.02. The van der Waals surface area contributed by atoms with E-state index in [4.69, 9.17) is 9.47 Å². The number of ether oxygens (including phenoxy) is 2. The Labute approximate surface area is 126 Å². The van der Waals surface area contributed by atoms with Crippen LogP contribution in [0.15, 0.2) is 24.3 Å². The van der Waals surface area contributed by atoms with E-state index >= 15 is 0 Å². The lowest BCUT2D eigenvalue weighted by atomic mass is 9.89. The molecule has 0 amide bonds. The van der Waals surface area contributed by atoms with E-state index in [-0.39, 0.29) is 17.6 Å². The lowest BCUT2D eigenvalue weighted by molar-refractivity contribution is -0.143. The molecule has 1 aliphatic rings. The molecule has 1 aromatic rings. The fourth-order valence-corrected chi connectivity index (χ4v) is 2.73. The van der Waals surface area contributed by atoms with Crippen LogP contribution in [0, 0.1) is 0 Å². The molecule has 1 aliphatic heterocycles. The number of carbonyl (C=O) groups excluding carboxylic acids is 1. The van der Waals surface area contributed by atoms with Gasteiger partial charge in [-0.1, -0.05) is 18.2 Å². The zero-order valence-electron chi connectivity index (χ0n) is 13.1. The van der Waals surface area contributed by atoms with Crippen LogP contribution in [0.5, 0.6) is 5.75 Å². The summed E-state index contributed by atoms with van der Waals surface area (Å²) in [6, 6.07) is 8.43. The molecule has 0 fully saturated rings. The maximum atomic E-state index is 11.3. The standard InChI is InChI=1S/C17H25NO3/c1-4-20-16(19)10-7-11-18-14-12-17(2,3)21-15-9-6-5-8-13(14)15/h5-6,8-9,14,18H,4,7,10-12H2,1-3H3. The Bertz CT molecular complexity index is 485. The van der Waals surface area contributed by atoms with Crippen LogP contribution < -0.4 is 10.1 Å². The van der Waals surface area contributed by atoms with E-state index in [1.807, 2.05) is 25.1 Å². The van der Waals surface area contributed by atoms with Crippen molar-refractivity contribution in [3.8, 4) is 5.75 Å². The summed E-state index contributed by atoms with van der Waals surface area (Å²) in [5.74, 6) is 0.837. The van der Waals surface area contributed by atoms with Crippen LogP contribution in [0.2, 0.25) is 0 Å². The monoisotopic (exact) mass is 291 g/mol. The summed E-state index contributed by atoms with van der Waals surface area (Å²) >= 11 is 0. The molecule has 0 aliphatic carbocycles. The molecule has 0 aromatic heterocycles. The first-order valence-electron chi connectivity index (χ1n) is 7.69. The average Bonchev–Trinajstić information content (AvgIpc) is 2.42. The number of nitrogens with one attached hydrogen (secondary N) is 1. The molecule has 0 saturated carbocycles. The highest BCUT2D eigenvalue weighted by Gasteiger charge is 2.32. The first-order chi connectivity index (χ1) is 10.0. The molecule has 116 valence electrons. The van der Waals surface area contributed by atoms with Crippen molar-refractivity contribution in [2.24, 2.45) is 0 Å². The Balaban J connectivity index is 1.89. The molecule has 0 bridgehead atoms. The zero-order chi connectivity index (χ0) is 15.3. The third kappa shape index (κ3) is 4.46. The fraction of sp³-hybridized carbons (Fsp3) is 0.588. The smallest absolute Gasteiger partial charge is 0.305 e. The van der Waals surface area contributed by atoms with Crippen molar-refractivity contribution in [3.63, 3.8) is 0 Å². The van der Waals surface area contributed by atoms with Crippen LogP contribution in [-0.4, -0.2) is 24.7 Å². The summed E-state index contributed by atoms with van der Waals surface area (Å²) in [5, 5.41) is 3.54. The lowest BCUT2D eigenvalue weighted by Gasteiger charge is -2.38. The van der Waals surface area contributed by atoms with Crippen molar-refractivity contribution in [2.45, 2.75) is 51.7 Å². The van der Waals surface area contributed by atoms with Gasteiger partial charge >= 0.3 is 5.97 Å². The predicted octanol–water partition coefficient (Wildman–Crippen LogP) is 3.22. The fourth-order valence-electron chi connectivity index (χ4n) is 2.73. The van der Waals surface area contributed by atoms with Crippen molar-refractivity contribution < 1.29 is 14.3 Å². The van der Waals surface area contributed by atoms with E-state index in [0.717, 1.165) is 25.1 Å². The van der Waals surface area contributed by atoms with Gasteiger partial charge in [0, 0.05) is 24.4 Å². The van der Waals surface area contributed by atoms with Gasteiger partial charge in [-0.25, -0.2) is 0 Å². The van der Waals surface area contributed by atoms with Crippen molar-refractivity contribution in [3.05, 3.63) is 29.8 Å². The summed E-state index contributed by atoms with van der Waals surface area (Å²) in [5.41, 5.74) is 1.03. The second-order valence-corrected chi connectivity index (χ2v) is 6.02. The van der Waals surface area contributed by atoms with Gasteiger partial charge in [-0.3, -0.25) is 4.79 Å². The molecule has 1 aromatic carbocycles. The summed E-state index contributed by atoms with van der Waals surface area (Å²) in [4.78, 5) is 11.3. The minimum absolute atomic E-state index is 0.119. The van der Waals surface area contributed by atoms with Gasteiger partial charge in [0.2, 0.25) is 0 Å². The number of para-hydroxylation sites is 1. The Morgan fingerprint density at radius 3 is 2.95 bits per heavy atom. The van der Waals surface area contributed by atoms with E-state index in [1.165, 1.54) is 5.56 Å². The van der Waals surface area contributed by atoms with Crippen molar-refractivity contribution in [1.29, 1.82) is 0 Å². The van der Waals surface area contributed by atoms with Gasteiger partial charge in [-0.2, -0.15) is 0 Å². The number of hydrogen-bond acceptors (Lipinski definition) is 4. The molecular weight excluding hydrogens is 266 g/mol. The van der Waals surface area contributed by atoms with Gasteiger partial charge < -0.3 is 14.8 Å². The van der Waals surface area contributed by atoms with Gasteiger partial charge in [0.25, 0.3) is 0 Å². The van der Waals surface area contributed by atoms with Gasteiger partial charge in [0.05, 0.1) is 6.61 Å². The van der Waals surface area contributed by atoms with E-state index in [1.54, 1.807) is 0 Å². The first-order valence-corrected chi connectivity index (χ1v) is 7.69. The molecule has 1 atom stereocenters. The van der Waals surface area contributed by atoms with Crippen LogP contribution in [0.1, 0.15) is 51.6 Å². The molecule has 1 N–H and O–H groups in total. The quantitative estimate of drug-likeness (QED) is 0.646. The largest absolute Gasteiger partial charge is 0.487 e. The summed E-state index contributed by atoms with van der Waals surface area (Å²) in [6.07, 6.45) is 2.18. The highest BCUT2D eigenvalue weighted by atomic mass is 16.5. The van der Waals surface area contributed by atoms with Crippen molar-refractivity contribution in [1.82, 2.24) is 5.32 Å². The number of esters is 1. The van der Waals surface area contributed by atoms with E-state index in [9.17, 15) is 4.79 Å². The minimum atomic E-state index is -0.173. The maximum Gasteiger partial charge on any atom is 0.305 e. The molecule has 21 heavy (non-hydrogen) atoms. The van der Waals surface area contributed by atoms with Crippen LogP contribution in [-0.2, 0) is 9.53 Å². The lowest BCUT2D eigenvalue weighted by Crippen LogP contribution is -2.39. The van der Waals surface area contributed by atoms with E-state index < -0.39 is 0 Å². The minimum Gasteiger partial charge on any atom is -0.487 e. The number of hydrogen-bond donors (Lipinski definition) is 1. The van der Waals surface area contributed by atoms with Crippen molar-refractivity contribution >= 4 is 5.97 Å². The third-order valence-corrected chi connectivity index (χ3v) is 3.63. The van der Waals surface area contributed by atoms with Crippen LogP contribution in [0.3, 0.4) is 0 Å². The topological polar surface area (TPSA) is 47.6 Å². The summed E-state index contributed by atoms with van der Waals surface area (Å²) in [6.45, 7) is 7.30. The predicted molar refractivity (Wildman–Crippen MR) is 82.4 cm³/mol. The van der Waals surface area contributed by atoms with Crippen LogP contribution >= 0.6 is 0 Å².